The average Bonchev–Trinajstić information content (AvgIpc) is 2.87. The smallest absolute Gasteiger partial charge is 0.262 e. The molecule has 6 nitrogen and oxygen atoms in total. The molecule has 1 heterocycles. The van der Waals surface area contributed by atoms with Gasteiger partial charge >= 0.3 is 0 Å². The van der Waals surface area contributed by atoms with E-state index in [9.17, 15) is 14.4 Å². The van der Waals surface area contributed by atoms with Crippen LogP contribution >= 0.6 is 0 Å². The SMILES string of the molecule is COc1ccc(C)cc1CCNC(=O)CN1C(=O)c2ccccc2C1=O. The van der Waals surface area contributed by atoms with Gasteiger partial charge < -0.3 is 10.1 Å². The fourth-order valence-electron chi connectivity index (χ4n) is 3.02. The standard InChI is InChI=1S/C20H20N2O4/c1-13-7-8-17(26-2)14(11-13)9-10-21-18(23)12-22-19(24)15-5-3-4-6-16(15)20(22)25/h3-8,11H,9-10,12H2,1-2H3,(H,21,23). The van der Waals surface area contributed by atoms with Crippen molar-refractivity contribution in [1.82, 2.24) is 10.2 Å². The van der Waals surface area contributed by atoms with Gasteiger partial charge in [-0.1, -0.05) is 29.8 Å². The molecule has 0 unspecified atom stereocenters. The number of nitrogens with one attached hydrogen (secondary N) is 1. The van der Waals surface area contributed by atoms with E-state index in [0.717, 1.165) is 21.8 Å². The molecule has 26 heavy (non-hydrogen) atoms. The number of carbonyl (C=O) groups excluding carboxylic acids is 3. The Hall–Kier alpha value is -3.15. The number of nitrogens with zero attached hydrogens (tertiary/aromatic N) is 1. The third-order valence-electron chi connectivity index (χ3n) is 4.33. The number of ether oxygens (including phenoxy) is 1. The molecule has 1 aliphatic rings. The fourth-order valence-corrected chi connectivity index (χ4v) is 3.02. The first-order valence-corrected chi connectivity index (χ1v) is 8.36. The van der Waals surface area contributed by atoms with Crippen LogP contribution in [-0.4, -0.2) is 42.8 Å². The predicted octanol–water partition coefficient (Wildman–Crippen LogP) is 1.96. The summed E-state index contributed by atoms with van der Waals surface area (Å²) >= 11 is 0. The van der Waals surface area contributed by atoms with E-state index in [1.54, 1.807) is 31.4 Å². The Balaban J connectivity index is 1.57. The van der Waals surface area contributed by atoms with Crippen molar-refractivity contribution < 1.29 is 19.1 Å². The summed E-state index contributed by atoms with van der Waals surface area (Å²) in [6.07, 6.45) is 0.596. The summed E-state index contributed by atoms with van der Waals surface area (Å²) in [5.41, 5.74) is 2.79. The first-order valence-electron chi connectivity index (χ1n) is 8.36. The third kappa shape index (κ3) is 3.44. The van der Waals surface area contributed by atoms with Gasteiger partial charge in [-0.15, -0.1) is 0 Å². The van der Waals surface area contributed by atoms with Crippen LogP contribution < -0.4 is 10.1 Å². The molecule has 0 bridgehead atoms. The van der Waals surface area contributed by atoms with Crippen molar-refractivity contribution in [3.8, 4) is 5.75 Å². The van der Waals surface area contributed by atoms with Crippen molar-refractivity contribution in [2.24, 2.45) is 0 Å². The van der Waals surface area contributed by atoms with Gasteiger partial charge in [0.25, 0.3) is 11.8 Å². The minimum atomic E-state index is -0.430. The predicted molar refractivity (Wildman–Crippen MR) is 96.3 cm³/mol. The van der Waals surface area contributed by atoms with Gasteiger partial charge in [0.15, 0.2) is 0 Å². The number of hydrogen-bond donors (Lipinski definition) is 1. The summed E-state index contributed by atoms with van der Waals surface area (Å²) in [4.78, 5) is 37.7. The maximum Gasteiger partial charge on any atom is 0.262 e. The molecule has 0 saturated heterocycles. The van der Waals surface area contributed by atoms with Crippen LogP contribution in [0.4, 0.5) is 0 Å². The van der Waals surface area contributed by atoms with Crippen LogP contribution in [-0.2, 0) is 11.2 Å². The van der Waals surface area contributed by atoms with Gasteiger partial charge in [-0.2, -0.15) is 0 Å². The highest BCUT2D eigenvalue weighted by Gasteiger charge is 2.36. The molecule has 1 N–H and O–H groups in total. The van der Waals surface area contributed by atoms with Gasteiger partial charge in [0, 0.05) is 6.54 Å². The molecule has 3 amide bonds. The first kappa shape index (κ1) is 17.7. The zero-order valence-corrected chi connectivity index (χ0v) is 14.7. The highest BCUT2D eigenvalue weighted by atomic mass is 16.5. The quantitative estimate of drug-likeness (QED) is 0.807. The number of benzene rings is 2. The number of hydrogen-bond acceptors (Lipinski definition) is 4. The number of fused-ring (bicyclic) bond motifs is 1. The molecule has 1 aliphatic heterocycles. The van der Waals surface area contributed by atoms with E-state index in [1.165, 1.54) is 0 Å². The van der Waals surface area contributed by atoms with Crippen LogP contribution in [0.2, 0.25) is 0 Å². The third-order valence-corrected chi connectivity index (χ3v) is 4.33. The van der Waals surface area contributed by atoms with Gasteiger partial charge in [0.05, 0.1) is 18.2 Å². The minimum Gasteiger partial charge on any atom is -0.496 e. The Kier molecular flexibility index (Phi) is 5.02. The van der Waals surface area contributed by atoms with E-state index in [1.807, 2.05) is 25.1 Å². The Morgan fingerprint density at radius 2 is 1.73 bits per heavy atom. The summed E-state index contributed by atoms with van der Waals surface area (Å²) in [6.45, 7) is 2.10. The topological polar surface area (TPSA) is 75.7 Å². The molecule has 0 saturated carbocycles. The molecule has 0 atom stereocenters. The van der Waals surface area contributed by atoms with Crippen molar-refractivity contribution in [1.29, 1.82) is 0 Å². The van der Waals surface area contributed by atoms with E-state index in [-0.39, 0.29) is 12.5 Å². The molecule has 0 aliphatic carbocycles. The Morgan fingerprint density at radius 3 is 2.35 bits per heavy atom. The zero-order chi connectivity index (χ0) is 18.7. The van der Waals surface area contributed by atoms with Crippen LogP contribution in [0.5, 0.6) is 5.75 Å². The lowest BCUT2D eigenvalue weighted by atomic mass is 10.1. The Morgan fingerprint density at radius 1 is 1.08 bits per heavy atom. The molecular formula is C20H20N2O4. The lowest BCUT2D eigenvalue weighted by molar-refractivity contribution is -0.121. The van der Waals surface area contributed by atoms with Crippen molar-refractivity contribution in [3.63, 3.8) is 0 Å². The van der Waals surface area contributed by atoms with Crippen LogP contribution in [0.25, 0.3) is 0 Å². The Labute approximate surface area is 151 Å². The van der Waals surface area contributed by atoms with Gasteiger partial charge in [0.2, 0.25) is 5.91 Å². The molecule has 0 fully saturated rings. The fraction of sp³-hybridized carbons (Fsp3) is 0.250. The summed E-state index contributed by atoms with van der Waals surface area (Å²) in [7, 11) is 1.61. The molecule has 2 aromatic carbocycles. The highest BCUT2D eigenvalue weighted by Crippen LogP contribution is 2.22. The van der Waals surface area contributed by atoms with Crippen LogP contribution in [0.15, 0.2) is 42.5 Å². The van der Waals surface area contributed by atoms with Crippen LogP contribution in [0, 0.1) is 6.92 Å². The lowest BCUT2D eigenvalue weighted by Crippen LogP contribution is -2.40. The minimum absolute atomic E-state index is 0.280. The lowest BCUT2D eigenvalue weighted by Gasteiger charge is -2.14. The molecule has 3 rings (SSSR count). The molecule has 6 heteroatoms. The van der Waals surface area contributed by atoms with Crippen LogP contribution in [0.3, 0.4) is 0 Å². The normalized spacial score (nSPS) is 12.9. The molecule has 134 valence electrons. The maximum absolute atomic E-state index is 12.3. The zero-order valence-electron chi connectivity index (χ0n) is 14.7. The summed E-state index contributed by atoms with van der Waals surface area (Å²) in [6, 6.07) is 12.4. The van der Waals surface area contributed by atoms with E-state index in [4.69, 9.17) is 4.74 Å². The number of methoxy groups -OCH3 is 1. The second kappa shape index (κ2) is 7.39. The van der Waals surface area contributed by atoms with Crippen molar-refractivity contribution >= 4 is 17.7 Å². The Bertz CT molecular complexity index is 841. The second-order valence-electron chi connectivity index (χ2n) is 6.16. The molecule has 0 aromatic heterocycles. The summed E-state index contributed by atoms with van der Waals surface area (Å²) in [5, 5.41) is 2.76. The van der Waals surface area contributed by atoms with E-state index in [0.29, 0.717) is 24.1 Å². The number of amides is 3. The van der Waals surface area contributed by atoms with E-state index >= 15 is 0 Å². The van der Waals surface area contributed by atoms with Crippen LogP contribution in [0.1, 0.15) is 31.8 Å². The number of aryl methyl sites for hydroxylation is 1. The van der Waals surface area contributed by atoms with E-state index in [2.05, 4.69) is 5.32 Å². The maximum atomic E-state index is 12.3. The summed E-state index contributed by atoms with van der Waals surface area (Å²) < 4.78 is 5.32. The highest BCUT2D eigenvalue weighted by molar-refractivity contribution is 6.22. The molecular weight excluding hydrogens is 332 g/mol. The van der Waals surface area contributed by atoms with Gasteiger partial charge in [0.1, 0.15) is 12.3 Å². The summed E-state index contributed by atoms with van der Waals surface area (Å²) in [5.74, 6) is -0.460. The van der Waals surface area contributed by atoms with Gasteiger partial charge in [-0.3, -0.25) is 19.3 Å². The monoisotopic (exact) mass is 352 g/mol. The van der Waals surface area contributed by atoms with Crippen molar-refractivity contribution in [2.45, 2.75) is 13.3 Å². The largest absolute Gasteiger partial charge is 0.496 e. The number of rotatable bonds is 6. The van der Waals surface area contributed by atoms with Gasteiger partial charge in [-0.05, 0) is 37.1 Å². The first-order chi connectivity index (χ1) is 12.5. The molecule has 0 spiro atoms. The average molecular weight is 352 g/mol. The van der Waals surface area contributed by atoms with Crippen molar-refractivity contribution in [2.75, 3.05) is 20.2 Å². The number of carbonyl (C=O) groups is 3. The molecule has 0 radical (unpaired) electrons. The van der Waals surface area contributed by atoms with Gasteiger partial charge in [-0.25, -0.2) is 0 Å². The second-order valence-corrected chi connectivity index (χ2v) is 6.16. The van der Waals surface area contributed by atoms with E-state index < -0.39 is 11.8 Å². The number of imide groups is 1. The molecule has 2 aromatic rings. The van der Waals surface area contributed by atoms with Crippen molar-refractivity contribution in [3.05, 3.63) is 64.7 Å².